The Balaban J connectivity index is 1.53. The lowest BCUT2D eigenvalue weighted by Gasteiger charge is -2.07. The molecule has 0 aliphatic rings. The number of rotatable bonds is 5. The molecule has 0 fully saturated rings. The van der Waals surface area contributed by atoms with E-state index in [1.165, 1.54) is 6.07 Å². The number of nitrogens with zero attached hydrogens (tertiary/aromatic N) is 1. The molecule has 112 valence electrons. The number of aromatic nitrogens is 2. The first kappa shape index (κ1) is 13.9. The lowest BCUT2D eigenvalue weighted by atomic mass is 10.3. The van der Waals surface area contributed by atoms with Crippen LogP contribution in [0.4, 0.5) is 0 Å². The van der Waals surface area contributed by atoms with Gasteiger partial charge >= 0.3 is 0 Å². The summed E-state index contributed by atoms with van der Waals surface area (Å²) in [7, 11) is 0. The van der Waals surface area contributed by atoms with Crippen LogP contribution >= 0.6 is 0 Å². The summed E-state index contributed by atoms with van der Waals surface area (Å²) in [6.45, 7) is 0.120. The predicted molar refractivity (Wildman–Crippen MR) is 81.5 cm³/mol. The molecule has 0 unspecified atom stereocenters. The lowest BCUT2D eigenvalue weighted by molar-refractivity contribution is -0.123. The van der Waals surface area contributed by atoms with Gasteiger partial charge in [-0.05, 0) is 24.3 Å². The van der Waals surface area contributed by atoms with Crippen LogP contribution < -0.4 is 10.1 Å². The number of phenols is 1. The number of para-hydroxylation sites is 4. The fraction of sp³-hybridized carbons (Fsp3) is 0.125. The third-order valence-electron chi connectivity index (χ3n) is 3.12. The van der Waals surface area contributed by atoms with Crippen LogP contribution in [-0.2, 0) is 11.3 Å². The molecule has 0 spiro atoms. The van der Waals surface area contributed by atoms with Crippen molar-refractivity contribution >= 4 is 16.9 Å². The second kappa shape index (κ2) is 6.17. The van der Waals surface area contributed by atoms with Crippen LogP contribution in [0.2, 0.25) is 0 Å². The second-order valence-electron chi connectivity index (χ2n) is 4.73. The van der Waals surface area contributed by atoms with Gasteiger partial charge in [-0.1, -0.05) is 24.3 Å². The van der Waals surface area contributed by atoms with Crippen molar-refractivity contribution in [1.29, 1.82) is 0 Å². The summed E-state index contributed by atoms with van der Waals surface area (Å²) in [6, 6.07) is 14.2. The molecule has 22 heavy (non-hydrogen) atoms. The summed E-state index contributed by atoms with van der Waals surface area (Å²) >= 11 is 0. The van der Waals surface area contributed by atoms with Gasteiger partial charge in [0.05, 0.1) is 17.6 Å². The number of benzene rings is 2. The first-order valence-corrected chi connectivity index (χ1v) is 6.83. The van der Waals surface area contributed by atoms with Gasteiger partial charge in [-0.25, -0.2) is 4.98 Å². The molecular weight excluding hydrogens is 282 g/mol. The average molecular weight is 297 g/mol. The first-order valence-electron chi connectivity index (χ1n) is 6.83. The van der Waals surface area contributed by atoms with Crippen molar-refractivity contribution in [3.05, 3.63) is 54.4 Å². The van der Waals surface area contributed by atoms with E-state index in [0.29, 0.717) is 5.82 Å². The van der Waals surface area contributed by atoms with Crippen LogP contribution in [0, 0.1) is 0 Å². The third kappa shape index (κ3) is 3.17. The number of aromatic hydroxyl groups is 1. The van der Waals surface area contributed by atoms with E-state index in [1.807, 2.05) is 24.3 Å². The Morgan fingerprint density at radius 1 is 1.18 bits per heavy atom. The number of fused-ring (bicyclic) bond motifs is 1. The lowest BCUT2D eigenvalue weighted by Crippen LogP contribution is -2.28. The number of hydrogen-bond acceptors (Lipinski definition) is 4. The zero-order chi connectivity index (χ0) is 15.4. The minimum atomic E-state index is -0.288. The summed E-state index contributed by atoms with van der Waals surface area (Å²) in [4.78, 5) is 19.2. The fourth-order valence-electron chi connectivity index (χ4n) is 2.05. The Bertz CT molecular complexity index is 765. The van der Waals surface area contributed by atoms with Crippen molar-refractivity contribution in [2.24, 2.45) is 0 Å². The van der Waals surface area contributed by atoms with E-state index in [2.05, 4.69) is 15.3 Å². The molecule has 2 aromatic carbocycles. The molecule has 1 heterocycles. The first-order chi connectivity index (χ1) is 10.7. The number of amides is 1. The maximum atomic E-state index is 11.8. The average Bonchev–Trinajstić information content (AvgIpc) is 2.95. The molecule has 0 saturated heterocycles. The topological polar surface area (TPSA) is 87.2 Å². The third-order valence-corrected chi connectivity index (χ3v) is 3.12. The van der Waals surface area contributed by atoms with Crippen molar-refractivity contribution < 1.29 is 14.6 Å². The minimum Gasteiger partial charge on any atom is -0.504 e. The molecule has 6 heteroatoms. The van der Waals surface area contributed by atoms with Gasteiger partial charge in [0.1, 0.15) is 5.82 Å². The number of carbonyl (C=O) groups is 1. The highest BCUT2D eigenvalue weighted by Gasteiger charge is 2.07. The zero-order valence-electron chi connectivity index (χ0n) is 11.7. The summed E-state index contributed by atoms with van der Waals surface area (Å²) in [5.41, 5.74) is 1.79. The highest BCUT2D eigenvalue weighted by molar-refractivity contribution is 5.78. The standard InChI is InChI=1S/C16H15N3O3/c20-13-7-3-4-8-14(13)22-10-16(21)17-9-15-18-11-5-1-2-6-12(11)19-15/h1-8,20H,9-10H2,(H,17,21)(H,18,19). The van der Waals surface area contributed by atoms with E-state index in [1.54, 1.807) is 18.2 Å². The molecule has 3 aromatic rings. The largest absolute Gasteiger partial charge is 0.504 e. The summed E-state index contributed by atoms with van der Waals surface area (Å²) in [5, 5.41) is 12.3. The predicted octanol–water partition coefficient (Wildman–Crippen LogP) is 1.96. The maximum Gasteiger partial charge on any atom is 0.258 e. The van der Waals surface area contributed by atoms with E-state index >= 15 is 0 Å². The van der Waals surface area contributed by atoms with Gasteiger partial charge in [-0.3, -0.25) is 4.79 Å². The van der Waals surface area contributed by atoms with Gasteiger partial charge in [0.15, 0.2) is 18.1 Å². The van der Waals surface area contributed by atoms with E-state index < -0.39 is 0 Å². The molecule has 0 radical (unpaired) electrons. The van der Waals surface area contributed by atoms with Crippen LogP contribution in [0.1, 0.15) is 5.82 Å². The Kier molecular flexibility index (Phi) is 3.91. The number of phenolic OH excluding ortho intramolecular Hbond substituents is 1. The SMILES string of the molecule is O=C(COc1ccccc1O)NCc1nc2ccccc2[nH]1. The number of hydrogen-bond donors (Lipinski definition) is 3. The number of H-pyrrole nitrogens is 1. The van der Waals surface area contributed by atoms with Crippen molar-refractivity contribution in [2.45, 2.75) is 6.54 Å². The molecule has 0 atom stereocenters. The Morgan fingerprint density at radius 2 is 1.95 bits per heavy atom. The van der Waals surface area contributed by atoms with Crippen molar-refractivity contribution in [1.82, 2.24) is 15.3 Å². The Morgan fingerprint density at radius 3 is 2.77 bits per heavy atom. The molecule has 1 amide bonds. The van der Waals surface area contributed by atoms with Gasteiger partial charge < -0.3 is 20.1 Å². The molecule has 0 saturated carbocycles. The molecule has 0 aliphatic heterocycles. The highest BCUT2D eigenvalue weighted by Crippen LogP contribution is 2.23. The number of imidazole rings is 1. The molecule has 6 nitrogen and oxygen atoms in total. The highest BCUT2D eigenvalue weighted by atomic mass is 16.5. The normalized spacial score (nSPS) is 10.5. The molecule has 3 rings (SSSR count). The van der Waals surface area contributed by atoms with Crippen molar-refractivity contribution in [2.75, 3.05) is 6.61 Å². The van der Waals surface area contributed by atoms with Gasteiger partial charge in [-0.15, -0.1) is 0 Å². The minimum absolute atomic E-state index is 0.00702. The van der Waals surface area contributed by atoms with Crippen LogP contribution in [0.25, 0.3) is 11.0 Å². The van der Waals surface area contributed by atoms with Gasteiger partial charge in [-0.2, -0.15) is 0 Å². The maximum absolute atomic E-state index is 11.8. The Labute approximate surface area is 126 Å². The van der Waals surface area contributed by atoms with Gasteiger partial charge in [0.25, 0.3) is 5.91 Å². The van der Waals surface area contributed by atoms with Gasteiger partial charge in [0.2, 0.25) is 0 Å². The summed E-state index contributed by atoms with van der Waals surface area (Å²) in [6.07, 6.45) is 0. The van der Waals surface area contributed by atoms with Crippen LogP contribution in [0.3, 0.4) is 0 Å². The zero-order valence-corrected chi connectivity index (χ0v) is 11.7. The smallest absolute Gasteiger partial charge is 0.258 e. The number of carbonyl (C=O) groups excluding carboxylic acids is 1. The van der Waals surface area contributed by atoms with Crippen molar-refractivity contribution in [3.8, 4) is 11.5 Å². The molecule has 0 aliphatic carbocycles. The van der Waals surface area contributed by atoms with Crippen LogP contribution in [0.15, 0.2) is 48.5 Å². The van der Waals surface area contributed by atoms with E-state index in [9.17, 15) is 9.90 Å². The quantitative estimate of drug-likeness (QED) is 0.672. The second-order valence-corrected chi connectivity index (χ2v) is 4.73. The van der Waals surface area contributed by atoms with Crippen LogP contribution in [0.5, 0.6) is 11.5 Å². The van der Waals surface area contributed by atoms with E-state index in [0.717, 1.165) is 11.0 Å². The molecule has 0 bridgehead atoms. The number of nitrogens with one attached hydrogen (secondary N) is 2. The molecule has 3 N–H and O–H groups in total. The fourth-order valence-corrected chi connectivity index (χ4v) is 2.05. The number of aromatic amines is 1. The monoisotopic (exact) mass is 297 g/mol. The van der Waals surface area contributed by atoms with Crippen LogP contribution in [-0.4, -0.2) is 27.6 Å². The summed E-state index contributed by atoms with van der Waals surface area (Å²) < 4.78 is 5.25. The summed E-state index contributed by atoms with van der Waals surface area (Å²) in [5.74, 6) is 0.676. The van der Waals surface area contributed by atoms with Crippen molar-refractivity contribution in [3.63, 3.8) is 0 Å². The van der Waals surface area contributed by atoms with E-state index in [-0.39, 0.29) is 30.6 Å². The molecular formula is C16H15N3O3. The van der Waals surface area contributed by atoms with E-state index in [4.69, 9.17) is 4.74 Å². The molecule has 1 aromatic heterocycles. The van der Waals surface area contributed by atoms with Gasteiger partial charge in [0, 0.05) is 0 Å². The number of ether oxygens (including phenoxy) is 1. The Hall–Kier alpha value is -3.02.